The zero-order chi connectivity index (χ0) is 14.0. The average Bonchev–Trinajstić information content (AvgIpc) is 2.99. The highest BCUT2D eigenvalue weighted by Gasteiger charge is 2.50. The van der Waals surface area contributed by atoms with Gasteiger partial charge in [-0.05, 0) is 24.8 Å². The summed E-state index contributed by atoms with van der Waals surface area (Å²) in [6.45, 7) is 3.36. The van der Waals surface area contributed by atoms with Gasteiger partial charge in [0.25, 0.3) is 5.91 Å². The van der Waals surface area contributed by atoms with Crippen molar-refractivity contribution >= 4 is 16.8 Å². The first-order valence-corrected chi connectivity index (χ1v) is 7.79. The summed E-state index contributed by atoms with van der Waals surface area (Å²) in [6.07, 6.45) is 2.30. The Balaban J connectivity index is 1.57. The number of aromatic nitrogens is 2. The van der Waals surface area contributed by atoms with Crippen molar-refractivity contribution in [3.05, 3.63) is 30.0 Å². The predicted octanol–water partition coefficient (Wildman–Crippen LogP) is 1.48. The zero-order valence-corrected chi connectivity index (χ0v) is 11.8. The molecule has 1 aromatic heterocycles. The number of H-pyrrole nitrogens is 1. The molecule has 21 heavy (non-hydrogen) atoms. The molecule has 3 fully saturated rings. The Hall–Kier alpha value is -1.88. The van der Waals surface area contributed by atoms with Crippen molar-refractivity contribution in [1.29, 1.82) is 0 Å². The van der Waals surface area contributed by atoms with E-state index in [4.69, 9.17) is 0 Å². The Morgan fingerprint density at radius 3 is 3.14 bits per heavy atom. The van der Waals surface area contributed by atoms with E-state index in [1.807, 2.05) is 24.3 Å². The van der Waals surface area contributed by atoms with Gasteiger partial charge in [-0.1, -0.05) is 18.2 Å². The highest BCUT2D eigenvalue weighted by Crippen LogP contribution is 2.41. The minimum absolute atomic E-state index is 0.119. The van der Waals surface area contributed by atoms with E-state index in [1.165, 1.54) is 13.0 Å². The third-order valence-electron chi connectivity index (χ3n) is 5.48. The first-order chi connectivity index (χ1) is 10.3. The molecule has 5 rings (SSSR count). The maximum absolute atomic E-state index is 13.1. The summed E-state index contributed by atoms with van der Waals surface area (Å²) in [6, 6.07) is 8.70. The number of likely N-dealkylation sites (tertiary alicyclic amines) is 1. The van der Waals surface area contributed by atoms with Crippen LogP contribution < -0.4 is 0 Å². The van der Waals surface area contributed by atoms with Crippen molar-refractivity contribution in [3.8, 4) is 0 Å². The minimum Gasteiger partial charge on any atom is -0.330 e. The molecule has 4 atom stereocenters. The zero-order valence-electron chi connectivity index (χ0n) is 11.8. The number of fused-ring (bicyclic) bond motifs is 3. The van der Waals surface area contributed by atoms with Crippen LogP contribution in [0.2, 0.25) is 0 Å². The first kappa shape index (κ1) is 11.7. The molecule has 5 nitrogen and oxygen atoms in total. The van der Waals surface area contributed by atoms with Gasteiger partial charge in [0.05, 0.1) is 5.52 Å². The maximum Gasteiger partial charge on any atom is 0.275 e. The Labute approximate surface area is 122 Å². The molecule has 108 valence electrons. The lowest BCUT2D eigenvalue weighted by molar-refractivity contribution is 0.0668. The SMILES string of the molecule is O=C(c1n[nH]c2ccccc12)N1C2CCN3CC2C[C@@H]1C3. The molecule has 3 bridgehead atoms. The molecule has 3 saturated heterocycles. The molecule has 3 aliphatic rings. The molecule has 3 aliphatic heterocycles. The Kier molecular flexibility index (Phi) is 2.28. The van der Waals surface area contributed by atoms with Gasteiger partial charge in [-0.25, -0.2) is 0 Å². The number of para-hydroxylation sites is 1. The van der Waals surface area contributed by atoms with Crippen LogP contribution in [0.3, 0.4) is 0 Å². The van der Waals surface area contributed by atoms with Gasteiger partial charge < -0.3 is 9.80 Å². The van der Waals surface area contributed by atoms with E-state index in [9.17, 15) is 4.79 Å². The molecule has 3 unspecified atom stereocenters. The van der Waals surface area contributed by atoms with Crippen molar-refractivity contribution in [3.63, 3.8) is 0 Å². The van der Waals surface area contributed by atoms with Gasteiger partial charge in [-0.2, -0.15) is 5.10 Å². The molecular formula is C16H18N4O. The van der Waals surface area contributed by atoms with E-state index in [0.29, 0.717) is 23.7 Å². The second-order valence-electron chi connectivity index (χ2n) is 6.60. The second-order valence-corrected chi connectivity index (χ2v) is 6.60. The molecule has 1 amide bonds. The summed E-state index contributed by atoms with van der Waals surface area (Å²) in [5, 5.41) is 8.24. The number of hydrogen-bond acceptors (Lipinski definition) is 3. The normalized spacial score (nSPS) is 33.8. The van der Waals surface area contributed by atoms with Crippen molar-refractivity contribution < 1.29 is 4.79 Å². The number of piperidine rings is 2. The van der Waals surface area contributed by atoms with E-state index >= 15 is 0 Å². The summed E-state index contributed by atoms with van der Waals surface area (Å²) in [5.74, 6) is 0.792. The van der Waals surface area contributed by atoms with Crippen molar-refractivity contribution in [1.82, 2.24) is 20.0 Å². The van der Waals surface area contributed by atoms with Gasteiger partial charge in [-0.15, -0.1) is 0 Å². The summed E-state index contributed by atoms with van der Waals surface area (Å²) >= 11 is 0. The molecule has 2 aromatic rings. The monoisotopic (exact) mass is 282 g/mol. The fraction of sp³-hybridized carbons (Fsp3) is 0.500. The number of amides is 1. The summed E-state index contributed by atoms with van der Waals surface area (Å²) in [5.41, 5.74) is 1.53. The fourth-order valence-corrected chi connectivity index (χ4v) is 4.62. The van der Waals surface area contributed by atoms with Crippen LogP contribution in [-0.4, -0.2) is 57.6 Å². The lowest BCUT2D eigenvalue weighted by Crippen LogP contribution is -2.44. The minimum atomic E-state index is 0.119. The van der Waals surface area contributed by atoms with Crippen molar-refractivity contribution in [2.24, 2.45) is 5.92 Å². The first-order valence-electron chi connectivity index (χ1n) is 7.79. The summed E-state index contributed by atoms with van der Waals surface area (Å²) < 4.78 is 0. The molecular weight excluding hydrogens is 264 g/mol. The number of benzene rings is 1. The number of carbonyl (C=O) groups is 1. The van der Waals surface area contributed by atoms with E-state index in [2.05, 4.69) is 20.0 Å². The van der Waals surface area contributed by atoms with Crippen molar-refractivity contribution in [2.75, 3.05) is 19.6 Å². The molecule has 1 N–H and O–H groups in total. The van der Waals surface area contributed by atoms with Crippen LogP contribution in [-0.2, 0) is 0 Å². The van der Waals surface area contributed by atoms with Crippen LogP contribution in [0.15, 0.2) is 24.3 Å². The number of nitrogens with zero attached hydrogens (tertiary/aromatic N) is 3. The van der Waals surface area contributed by atoms with Crippen LogP contribution in [0.4, 0.5) is 0 Å². The Morgan fingerprint density at radius 2 is 2.19 bits per heavy atom. The summed E-state index contributed by atoms with van der Waals surface area (Å²) in [7, 11) is 0. The topological polar surface area (TPSA) is 52.2 Å². The molecule has 1 aromatic carbocycles. The quantitative estimate of drug-likeness (QED) is 0.862. The smallest absolute Gasteiger partial charge is 0.275 e. The van der Waals surface area contributed by atoms with Crippen LogP contribution in [0.5, 0.6) is 0 Å². The van der Waals surface area contributed by atoms with Crippen LogP contribution in [0.1, 0.15) is 23.3 Å². The highest BCUT2D eigenvalue weighted by molar-refractivity contribution is 6.05. The number of carbonyl (C=O) groups excluding carboxylic acids is 1. The second kappa shape index (κ2) is 4.07. The van der Waals surface area contributed by atoms with Gasteiger partial charge in [0.2, 0.25) is 0 Å². The van der Waals surface area contributed by atoms with Gasteiger partial charge >= 0.3 is 0 Å². The van der Waals surface area contributed by atoms with Crippen LogP contribution in [0, 0.1) is 5.92 Å². The fourth-order valence-electron chi connectivity index (χ4n) is 4.62. The van der Waals surface area contributed by atoms with E-state index < -0.39 is 0 Å². The van der Waals surface area contributed by atoms with Crippen molar-refractivity contribution in [2.45, 2.75) is 24.9 Å². The van der Waals surface area contributed by atoms with Gasteiger partial charge in [0.15, 0.2) is 5.69 Å². The third-order valence-corrected chi connectivity index (χ3v) is 5.48. The van der Waals surface area contributed by atoms with E-state index in [1.54, 1.807) is 0 Å². The predicted molar refractivity (Wildman–Crippen MR) is 79.0 cm³/mol. The lowest BCUT2D eigenvalue weighted by Gasteiger charge is -2.35. The molecule has 0 radical (unpaired) electrons. The average molecular weight is 282 g/mol. The summed E-state index contributed by atoms with van der Waals surface area (Å²) in [4.78, 5) is 17.7. The third kappa shape index (κ3) is 1.55. The lowest BCUT2D eigenvalue weighted by atomic mass is 9.89. The maximum atomic E-state index is 13.1. The van der Waals surface area contributed by atoms with E-state index in [-0.39, 0.29) is 5.91 Å². The van der Waals surface area contributed by atoms with Gasteiger partial charge in [-0.3, -0.25) is 9.89 Å². The molecule has 0 saturated carbocycles. The molecule has 0 aliphatic carbocycles. The molecule has 5 heteroatoms. The van der Waals surface area contributed by atoms with Crippen LogP contribution in [0.25, 0.3) is 10.9 Å². The number of nitrogens with one attached hydrogen (secondary N) is 1. The number of rotatable bonds is 1. The largest absolute Gasteiger partial charge is 0.330 e. The van der Waals surface area contributed by atoms with Crippen LogP contribution >= 0.6 is 0 Å². The Bertz CT molecular complexity index is 724. The number of aromatic amines is 1. The number of hydrogen-bond donors (Lipinski definition) is 1. The van der Waals surface area contributed by atoms with Gasteiger partial charge in [0.1, 0.15) is 0 Å². The highest BCUT2D eigenvalue weighted by atomic mass is 16.2. The van der Waals surface area contributed by atoms with E-state index in [0.717, 1.165) is 30.4 Å². The molecule has 0 spiro atoms. The Morgan fingerprint density at radius 1 is 1.29 bits per heavy atom. The standard InChI is InChI=1S/C16H18N4O/c21-16(15-12-3-1-2-4-13(12)17-18-15)20-11-7-10-8-19(9-11)6-5-14(10)20/h1-4,10-11,14H,5-9H2,(H,17,18)/t10?,11-,14?/m1/s1. The van der Waals surface area contributed by atoms with Gasteiger partial charge in [0, 0.05) is 37.1 Å². The molecule has 4 heterocycles.